The van der Waals surface area contributed by atoms with E-state index in [1.807, 2.05) is 0 Å². The van der Waals surface area contributed by atoms with E-state index >= 15 is 0 Å². The van der Waals surface area contributed by atoms with E-state index < -0.39 is 31.9 Å². The molecule has 0 radical (unpaired) electrons. The van der Waals surface area contributed by atoms with Gasteiger partial charge in [0.2, 0.25) is 0 Å². The minimum absolute atomic E-state index is 0.0757. The lowest BCUT2D eigenvalue weighted by atomic mass is 9.95. The van der Waals surface area contributed by atoms with Crippen LogP contribution in [-0.2, 0) is 4.57 Å². The second kappa shape index (κ2) is 5.10. The van der Waals surface area contributed by atoms with Gasteiger partial charge in [-0.15, -0.1) is 0 Å². The molecule has 0 aromatic heterocycles. The predicted octanol–water partition coefficient (Wildman–Crippen LogP) is -2.05. The van der Waals surface area contributed by atoms with Crippen molar-refractivity contribution in [1.29, 1.82) is 0 Å². The first-order valence-electron chi connectivity index (χ1n) is 5.05. The number of aliphatic hydroxyl groups excluding tert-OH is 3. The molecule has 1 heterocycles. The zero-order valence-electron chi connectivity index (χ0n) is 8.97. The van der Waals surface area contributed by atoms with Crippen molar-refractivity contribution in [2.24, 2.45) is 0 Å². The van der Waals surface area contributed by atoms with Crippen molar-refractivity contribution in [3.63, 3.8) is 0 Å². The molecule has 7 nitrogen and oxygen atoms in total. The van der Waals surface area contributed by atoms with Crippen LogP contribution in [0.1, 0.15) is 6.92 Å². The Balaban J connectivity index is 2.57. The molecule has 5 N–H and O–H groups in total. The van der Waals surface area contributed by atoms with Gasteiger partial charge in [0.1, 0.15) is 6.10 Å². The third-order valence-electron chi connectivity index (χ3n) is 2.91. The second-order valence-corrected chi connectivity index (χ2v) is 5.95. The molecule has 96 valence electrons. The number of piperidine rings is 1. The lowest BCUT2D eigenvalue weighted by Crippen LogP contribution is -2.60. The van der Waals surface area contributed by atoms with Crippen LogP contribution in [-0.4, -0.2) is 73.6 Å². The van der Waals surface area contributed by atoms with Crippen LogP contribution in [0.4, 0.5) is 0 Å². The number of hydrogen-bond donors (Lipinski definition) is 5. The van der Waals surface area contributed by atoms with Crippen LogP contribution in [0, 0.1) is 0 Å². The van der Waals surface area contributed by atoms with E-state index in [9.17, 15) is 19.9 Å². The van der Waals surface area contributed by atoms with E-state index in [4.69, 9.17) is 9.79 Å². The fraction of sp³-hybridized carbons (Fsp3) is 1.00. The Morgan fingerprint density at radius 2 is 1.81 bits per heavy atom. The van der Waals surface area contributed by atoms with E-state index in [2.05, 4.69) is 0 Å². The number of rotatable bonds is 3. The van der Waals surface area contributed by atoms with Gasteiger partial charge in [0.25, 0.3) is 0 Å². The first kappa shape index (κ1) is 14.1. The highest BCUT2D eigenvalue weighted by Gasteiger charge is 2.39. The molecule has 1 fully saturated rings. The van der Waals surface area contributed by atoms with Crippen molar-refractivity contribution >= 4 is 7.60 Å². The largest absolute Gasteiger partial charge is 0.389 e. The molecular formula is C8H18NO6P. The smallest absolute Gasteiger partial charge is 0.326 e. The molecule has 0 saturated carbocycles. The highest BCUT2D eigenvalue weighted by Crippen LogP contribution is 2.34. The molecule has 0 amide bonds. The average molecular weight is 255 g/mol. The predicted molar refractivity (Wildman–Crippen MR) is 56.0 cm³/mol. The number of aliphatic hydroxyl groups is 3. The minimum Gasteiger partial charge on any atom is -0.389 e. The monoisotopic (exact) mass is 255 g/mol. The summed E-state index contributed by atoms with van der Waals surface area (Å²) in [4.78, 5) is 19.0. The first-order chi connectivity index (χ1) is 7.22. The molecule has 0 aromatic rings. The summed E-state index contributed by atoms with van der Waals surface area (Å²) in [6, 6.07) is -0.440. The molecular weight excluding hydrogens is 237 g/mol. The Morgan fingerprint density at radius 3 is 2.31 bits per heavy atom. The minimum atomic E-state index is -4.08. The van der Waals surface area contributed by atoms with E-state index in [1.54, 1.807) is 11.8 Å². The van der Waals surface area contributed by atoms with Gasteiger partial charge in [0.05, 0.1) is 18.4 Å². The summed E-state index contributed by atoms with van der Waals surface area (Å²) in [5.41, 5.74) is 0. The van der Waals surface area contributed by atoms with Crippen molar-refractivity contribution in [3.8, 4) is 0 Å². The topological polar surface area (TPSA) is 121 Å². The van der Waals surface area contributed by atoms with Gasteiger partial charge in [0, 0.05) is 19.1 Å². The molecule has 1 aliphatic rings. The van der Waals surface area contributed by atoms with Crippen LogP contribution in [0.15, 0.2) is 0 Å². The summed E-state index contributed by atoms with van der Waals surface area (Å²) in [6.45, 7) is 1.81. The molecule has 0 bridgehead atoms. The fourth-order valence-corrected chi connectivity index (χ4v) is 2.31. The zero-order chi connectivity index (χ0) is 12.5. The Bertz CT molecular complexity index is 282. The number of β-amino-alcohol motifs (C(OH)–C–C–N with tert-alkyl or cyclic N) is 1. The van der Waals surface area contributed by atoms with Crippen LogP contribution in [0.2, 0.25) is 0 Å². The molecule has 0 aliphatic carbocycles. The summed E-state index contributed by atoms with van der Waals surface area (Å²) in [6.07, 6.45) is -3.74. The van der Waals surface area contributed by atoms with E-state index in [-0.39, 0.29) is 19.3 Å². The summed E-state index contributed by atoms with van der Waals surface area (Å²) in [5, 5.41) is 28.4. The first-order valence-corrected chi connectivity index (χ1v) is 6.85. The maximum Gasteiger partial charge on any atom is 0.326 e. The molecule has 8 heteroatoms. The van der Waals surface area contributed by atoms with Gasteiger partial charge in [-0.1, -0.05) is 0 Å². The molecule has 1 aliphatic heterocycles. The molecule has 0 spiro atoms. The standard InChI is InChI=1S/C8H18NO6P/c1-5-7(11)8(12)6(10)4-9(5)2-3-16(13,14)15/h5-8,10-12H,2-4H2,1H3,(H2,13,14,15)/t5?,6-,7-,8-/m1/s1. The van der Waals surface area contributed by atoms with Crippen LogP contribution in [0.25, 0.3) is 0 Å². The van der Waals surface area contributed by atoms with Crippen LogP contribution in [0.3, 0.4) is 0 Å². The Hall–Kier alpha value is -0.0100. The Kier molecular flexibility index (Phi) is 4.48. The maximum atomic E-state index is 10.7. The Labute approximate surface area is 93.5 Å². The van der Waals surface area contributed by atoms with Gasteiger partial charge in [-0.3, -0.25) is 9.46 Å². The SMILES string of the molecule is CC1[C@@H](O)[C@H](O)[C@H](O)CN1CCP(=O)(O)O. The number of likely N-dealkylation sites (tertiary alicyclic amines) is 1. The fourth-order valence-electron chi connectivity index (χ4n) is 1.80. The van der Waals surface area contributed by atoms with Gasteiger partial charge in [-0.25, -0.2) is 0 Å². The van der Waals surface area contributed by atoms with Gasteiger partial charge in [0.15, 0.2) is 0 Å². The summed E-state index contributed by atoms with van der Waals surface area (Å²) >= 11 is 0. The molecule has 0 aromatic carbocycles. The van der Waals surface area contributed by atoms with Crippen molar-refractivity contribution < 1.29 is 29.7 Å². The third kappa shape index (κ3) is 3.49. The highest BCUT2D eigenvalue weighted by atomic mass is 31.2. The zero-order valence-corrected chi connectivity index (χ0v) is 9.86. The van der Waals surface area contributed by atoms with Crippen LogP contribution < -0.4 is 0 Å². The molecule has 1 saturated heterocycles. The van der Waals surface area contributed by atoms with Crippen molar-refractivity contribution in [2.75, 3.05) is 19.3 Å². The average Bonchev–Trinajstić information content (AvgIpc) is 2.17. The molecule has 1 rings (SSSR count). The molecule has 4 atom stereocenters. The van der Waals surface area contributed by atoms with E-state index in [0.29, 0.717) is 0 Å². The van der Waals surface area contributed by atoms with Crippen molar-refractivity contribution in [1.82, 2.24) is 4.90 Å². The highest BCUT2D eigenvalue weighted by molar-refractivity contribution is 7.51. The maximum absolute atomic E-state index is 10.7. The van der Waals surface area contributed by atoms with Crippen LogP contribution in [0.5, 0.6) is 0 Å². The number of hydrogen-bond acceptors (Lipinski definition) is 5. The van der Waals surface area contributed by atoms with Crippen LogP contribution >= 0.6 is 7.60 Å². The number of nitrogens with zero attached hydrogens (tertiary/aromatic N) is 1. The van der Waals surface area contributed by atoms with Gasteiger partial charge >= 0.3 is 7.60 Å². The van der Waals surface area contributed by atoms with Gasteiger partial charge < -0.3 is 25.1 Å². The second-order valence-electron chi connectivity index (χ2n) is 4.17. The summed E-state index contributed by atoms with van der Waals surface area (Å²) < 4.78 is 10.7. The van der Waals surface area contributed by atoms with Crippen molar-refractivity contribution in [3.05, 3.63) is 0 Å². The van der Waals surface area contributed by atoms with E-state index in [0.717, 1.165) is 0 Å². The summed E-state index contributed by atoms with van der Waals surface area (Å²) in [5.74, 6) is 0. The molecule has 1 unspecified atom stereocenters. The quantitative estimate of drug-likeness (QED) is 0.368. The lowest BCUT2D eigenvalue weighted by Gasteiger charge is -2.42. The third-order valence-corrected chi connectivity index (χ3v) is 3.70. The van der Waals surface area contributed by atoms with Gasteiger partial charge in [-0.2, -0.15) is 0 Å². The summed E-state index contributed by atoms with van der Waals surface area (Å²) in [7, 11) is -4.08. The van der Waals surface area contributed by atoms with Crippen molar-refractivity contribution in [2.45, 2.75) is 31.3 Å². The normalized spacial score (nSPS) is 37.6. The lowest BCUT2D eigenvalue weighted by molar-refractivity contribution is -0.131. The van der Waals surface area contributed by atoms with Gasteiger partial charge in [-0.05, 0) is 6.92 Å². The molecule has 16 heavy (non-hydrogen) atoms. The Morgan fingerprint density at radius 1 is 1.25 bits per heavy atom. The van der Waals surface area contributed by atoms with E-state index in [1.165, 1.54) is 0 Å².